The molecule has 0 aromatic carbocycles. The SMILES string of the molecule is CCC(/C=C/C(=O)C(C)C(OC)C(C)C)C(C)OC.CCC(/C=C/C(=O)C(C)C(OC)C(C)C1OC(=O)/C=C/C=C/C(C)C(C)OC(=O)/C=C/C=C/C1C)C(C)OC. The van der Waals surface area contributed by atoms with Gasteiger partial charge in [-0.15, -0.1) is 0 Å². The quantitative estimate of drug-likeness (QED) is 0.0921. The van der Waals surface area contributed by atoms with Gasteiger partial charge in [0.1, 0.15) is 12.2 Å². The van der Waals surface area contributed by atoms with Crippen LogP contribution in [-0.2, 0) is 47.6 Å². The zero-order valence-electron chi connectivity index (χ0n) is 38.5. The van der Waals surface area contributed by atoms with Crippen molar-refractivity contribution in [2.75, 3.05) is 28.4 Å². The highest BCUT2D eigenvalue weighted by Gasteiger charge is 2.36. The molecule has 0 aliphatic carbocycles. The lowest BCUT2D eigenvalue weighted by Gasteiger charge is -2.34. The summed E-state index contributed by atoms with van der Waals surface area (Å²) >= 11 is 0. The third kappa shape index (κ3) is 19.5. The lowest BCUT2D eigenvalue weighted by Crippen LogP contribution is -2.42. The van der Waals surface area contributed by atoms with Gasteiger partial charge in [-0.25, -0.2) is 9.59 Å². The summed E-state index contributed by atoms with van der Waals surface area (Å²) in [6, 6.07) is 0. The van der Waals surface area contributed by atoms with Crippen molar-refractivity contribution in [2.24, 2.45) is 47.3 Å². The van der Waals surface area contributed by atoms with Gasteiger partial charge in [-0.2, -0.15) is 0 Å². The molecule has 0 bridgehead atoms. The van der Waals surface area contributed by atoms with Crippen molar-refractivity contribution in [3.63, 3.8) is 0 Å². The number of carbonyl (C=O) groups excluding carboxylic acids is 4. The first-order valence-electron chi connectivity index (χ1n) is 21.0. The zero-order valence-corrected chi connectivity index (χ0v) is 38.5. The van der Waals surface area contributed by atoms with Crippen molar-refractivity contribution in [1.82, 2.24) is 0 Å². The molecular formula is C48H78O10. The van der Waals surface area contributed by atoms with Gasteiger partial charge in [0.25, 0.3) is 0 Å². The molecule has 0 amide bonds. The van der Waals surface area contributed by atoms with Crippen molar-refractivity contribution in [2.45, 2.75) is 133 Å². The molecule has 0 aromatic rings. The standard InChI is InChI=1S/C32H48O7.C16H30O3/c1-10-27(26(7)36-8)19-20-28(33)23(4)32(37-9)24(5)31-22(3)16-12-14-17-29(34)38-25(6)21(2)15-11-13-18-30(35)39-31;1-8-14(13(5)18-6)9-10-15(17)12(4)16(19-7)11(2)3/h11-27,31-32H,10H2,1-9H3;9-14,16H,8H2,1-7H3/b15-11+,16-12+,17-14+,18-13+,20-19+;10-9+. The maximum absolute atomic E-state index is 13.1. The average molecular weight is 815 g/mol. The lowest BCUT2D eigenvalue weighted by atomic mass is 9.82. The third-order valence-electron chi connectivity index (χ3n) is 11.4. The summed E-state index contributed by atoms with van der Waals surface area (Å²) in [4.78, 5) is 50.2. The Bertz CT molecular complexity index is 1390. The molecule has 1 aliphatic rings. The Morgan fingerprint density at radius 2 is 1.03 bits per heavy atom. The largest absolute Gasteiger partial charge is 0.459 e. The van der Waals surface area contributed by atoms with Gasteiger partial charge < -0.3 is 28.4 Å². The van der Waals surface area contributed by atoms with E-state index in [4.69, 9.17) is 28.4 Å². The molecular weight excluding hydrogens is 737 g/mol. The number of esters is 2. The second kappa shape index (κ2) is 29.7. The van der Waals surface area contributed by atoms with Gasteiger partial charge in [0.05, 0.1) is 24.4 Å². The molecule has 0 spiro atoms. The van der Waals surface area contributed by atoms with E-state index < -0.39 is 30.1 Å². The molecule has 0 fully saturated rings. The predicted molar refractivity (Wildman–Crippen MR) is 233 cm³/mol. The fraction of sp³-hybridized carbons (Fsp3) is 0.667. The molecule has 330 valence electrons. The number of methoxy groups -OCH3 is 4. The fourth-order valence-electron chi connectivity index (χ4n) is 6.99. The molecule has 13 atom stereocenters. The van der Waals surface area contributed by atoms with Gasteiger partial charge >= 0.3 is 11.9 Å². The van der Waals surface area contributed by atoms with E-state index >= 15 is 0 Å². The fourth-order valence-corrected chi connectivity index (χ4v) is 6.99. The number of carbonyl (C=O) groups is 4. The monoisotopic (exact) mass is 815 g/mol. The van der Waals surface area contributed by atoms with E-state index in [1.165, 1.54) is 12.2 Å². The summed E-state index contributed by atoms with van der Waals surface area (Å²) in [6.07, 6.45) is 20.8. The summed E-state index contributed by atoms with van der Waals surface area (Å²) in [5.74, 6) is -1.29. The molecule has 0 saturated heterocycles. The minimum absolute atomic E-state index is 0.00219. The Morgan fingerprint density at radius 3 is 1.43 bits per heavy atom. The maximum atomic E-state index is 13.1. The van der Waals surface area contributed by atoms with E-state index in [1.807, 2.05) is 79.7 Å². The van der Waals surface area contributed by atoms with E-state index in [0.29, 0.717) is 5.92 Å². The summed E-state index contributed by atoms with van der Waals surface area (Å²) in [5.41, 5.74) is 0. The normalized spacial score (nSPS) is 26.4. The second-order valence-corrected chi connectivity index (χ2v) is 15.9. The van der Waals surface area contributed by atoms with Crippen LogP contribution in [0, 0.1) is 47.3 Å². The Morgan fingerprint density at radius 1 is 0.621 bits per heavy atom. The Kier molecular flexibility index (Phi) is 28.0. The first-order chi connectivity index (χ1) is 27.3. The molecule has 0 N–H and O–H groups in total. The minimum atomic E-state index is -0.587. The van der Waals surface area contributed by atoms with Crippen LogP contribution in [0.1, 0.15) is 95.9 Å². The Hall–Kier alpha value is -3.44. The van der Waals surface area contributed by atoms with Crippen LogP contribution in [0.4, 0.5) is 0 Å². The maximum Gasteiger partial charge on any atom is 0.331 e. The molecule has 1 aliphatic heterocycles. The van der Waals surface area contributed by atoms with Crippen LogP contribution in [0.15, 0.2) is 72.9 Å². The van der Waals surface area contributed by atoms with Crippen molar-refractivity contribution >= 4 is 23.5 Å². The topological polar surface area (TPSA) is 124 Å². The van der Waals surface area contributed by atoms with Gasteiger partial charge in [0.15, 0.2) is 11.6 Å². The van der Waals surface area contributed by atoms with E-state index in [1.54, 1.807) is 64.9 Å². The van der Waals surface area contributed by atoms with Crippen LogP contribution in [-0.4, -0.2) is 88.6 Å². The Labute approximate surface area is 351 Å². The number of cyclic esters (lactones) is 2. The van der Waals surface area contributed by atoms with E-state index in [0.717, 1.165) is 12.8 Å². The Balaban J connectivity index is 0.00000143. The first-order valence-corrected chi connectivity index (χ1v) is 21.0. The van der Waals surface area contributed by atoms with Gasteiger partial charge in [-0.3, -0.25) is 9.59 Å². The number of rotatable bonds is 19. The van der Waals surface area contributed by atoms with Gasteiger partial charge in [-0.1, -0.05) is 111 Å². The smallest absolute Gasteiger partial charge is 0.331 e. The van der Waals surface area contributed by atoms with Gasteiger partial charge in [-0.05, 0) is 51.7 Å². The van der Waals surface area contributed by atoms with E-state index in [-0.39, 0.29) is 71.5 Å². The summed E-state index contributed by atoms with van der Waals surface area (Å²) in [5, 5.41) is 0. The molecule has 58 heavy (non-hydrogen) atoms. The lowest BCUT2D eigenvalue weighted by molar-refractivity contribution is -0.152. The zero-order chi connectivity index (χ0) is 44.5. The van der Waals surface area contributed by atoms with Crippen LogP contribution in [0.2, 0.25) is 0 Å². The van der Waals surface area contributed by atoms with Crippen LogP contribution in [0.25, 0.3) is 0 Å². The van der Waals surface area contributed by atoms with Crippen molar-refractivity contribution < 1.29 is 47.6 Å². The third-order valence-corrected chi connectivity index (χ3v) is 11.4. The molecule has 1 heterocycles. The second-order valence-electron chi connectivity index (χ2n) is 15.9. The molecule has 10 nitrogen and oxygen atoms in total. The molecule has 0 radical (unpaired) electrons. The van der Waals surface area contributed by atoms with E-state index in [9.17, 15) is 19.2 Å². The summed E-state index contributed by atoms with van der Waals surface area (Å²) in [7, 11) is 6.59. The average Bonchev–Trinajstić information content (AvgIpc) is 3.19. The van der Waals surface area contributed by atoms with E-state index in [2.05, 4.69) is 27.7 Å². The van der Waals surface area contributed by atoms with Crippen molar-refractivity contribution in [3.8, 4) is 0 Å². The minimum Gasteiger partial charge on any atom is -0.459 e. The highest BCUT2D eigenvalue weighted by Crippen LogP contribution is 2.29. The van der Waals surface area contributed by atoms with Crippen LogP contribution < -0.4 is 0 Å². The number of hydrogen-bond donors (Lipinski definition) is 0. The number of hydrogen-bond acceptors (Lipinski definition) is 10. The van der Waals surface area contributed by atoms with Gasteiger partial charge in [0.2, 0.25) is 0 Å². The highest BCUT2D eigenvalue weighted by molar-refractivity contribution is 5.92. The van der Waals surface area contributed by atoms with Crippen LogP contribution in [0.5, 0.6) is 0 Å². The van der Waals surface area contributed by atoms with Crippen LogP contribution >= 0.6 is 0 Å². The number of ketones is 2. The highest BCUT2D eigenvalue weighted by atomic mass is 16.6. The molecule has 1 rings (SSSR count). The molecule has 0 aromatic heterocycles. The first kappa shape index (κ1) is 54.6. The number of allylic oxidation sites excluding steroid dienone is 6. The van der Waals surface area contributed by atoms with Crippen molar-refractivity contribution in [1.29, 1.82) is 0 Å². The predicted octanol–water partition coefficient (Wildman–Crippen LogP) is 9.29. The summed E-state index contributed by atoms with van der Waals surface area (Å²) < 4.78 is 33.3. The molecule has 10 heteroatoms. The number of ether oxygens (including phenoxy) is 6. The molecule has 0 saturated carbocycles. The van der Waals surface area contributed by atoms with Crippen molar-refractivity contribution in [3.05, 3.63) is 72.9 Å². The molecule has 13 unspecified atom stereocenters. The van der Waals surface area contributed by atoms with Crippen LogP contribution in [0.3, 0.4) is 0 Å². The summed E-state index contributed by atoms with van der Waals surface area (Å²) in [6.45, 7) is 23.7. The van der Waals surface area contributed by atoms with Gasteiger partial charge in [0, 0.05) is 82.0 Å².